The first kappa shape index (κ1) is 13.1. The van der Waals surface area contributed by atoms with Gasteiger partial charge in [0.1, 0.15) is 6.04 Å². The number of carboxylic acid groups (broad SMARTS) is 1. The maximum atomic E-state index is 11.6. The SMILES string of the molecule is CCCC(C)N1CCc2ccccc2C1C(=O)O. The van der Waals surface area contributed by atoms with Crippen LogP contribution < -0.4 is 0 Å². The van der Waals surface area contributed by atoms with Crippen LogP contribution in [0.4, 0.5) is 0 Å². The first-order valence-corrected chi connectivity index (χ1v) is 6.71. The Balaban J connectivity index is 2.32. The van der Waals surface area contributed by atoms with E-state index in [2.05, 4.69) is 18.7 Å². The van der Waals surface area contributed by atoms with E-state index in [1.165, 1.54) is 5.56 Å². The van der Waals surface area contributed by atoms with Crippen LogP contribution in [-0.4, -0.2) is 28.6 Å². The number of hydrogen-bond donors (Lipinski definition) is 1. The minimum absolute atomic E-state index is 0.324. The minimum Gasteiger partial charge on any atom is -0.480 e. The van der Waals surface area contributed by atoms with Crippen LogP contribution >= 0.6 is 0 Å². The van der Waals surface area contributed by atoms with Gasteiger partial charge in [-0.05, 0) is 30.9 Å². The second kappa shape index (κ2) is 5.53. The summed E-state index contributed by atoms with van der Waals surface area (Å²) in [6, 6.07) is 7.78. The maximum Gasteiger partial charge on any atom is 0.325 e. The molecule has 0 bridgehead atoms. The summed E-state index contributed by atoms with van der Waals surface area (Å²) in [6.45, 7) is 5.12. The lowest BCUT2D eigenvalue weighted by Gasteiger charge is -2.38. The molecule has 0 radical (unpaired) electrons. The molecule has 0 fully saturated rings. The molecule has 1 N–H and O–H groups in total. The number of rotatable bonds is 4. The molecule has 2 atom stereocenters. The molecule has 1 heterocycles. The fraction of sp³-hybridized carbons (Fsp3) is 0.533. The monoisotopic (exact) mass is 247 g/mol. The zero-order chi connectivity index (χ0) is 13.1. The van der Waals surface area contributed by atoms with Crippen molar-refractivity contribution < 1.29 is 9.90 Å². The van der Waals surface area contributed by atoms with Gasteiger partial charge < -0.3 is 5.11 Å². The molecule has 1 aliphatic rings. The topological polar surface area (TPSA) is 40.5 Å². The summed E-state index contributed by atoms with van der Waals surface area (Å²) >= 11 is 0. The van der Waals surface area contributed by atoms with Gasteiger partial charge in [0.05, 0.1) is 0 Å². The molecule has 0 amide bonds. The summed E-state index contributed by atoms with van der Waals surface area (Å²) in [5.74, 6) is -0.731. The van der Waals surface area contributed by atoms with Gasteiger partial charge in [-0.15, -0.1) is 0 Å². The summed E-state index contributed by atoms with van der Waals surface area (Å²) < 4.78 is 0. The van der Waals surface area contributed by atoms with E-state index in [-0.39, 0.29) is 0 Å². The highest BCUT2D eigenvalue weighted by atomic mass is 16.4. The lowest BCUT2D eigenvalue weighted by molar-refractivity contribution is -0.145. The van der Waals surface area contributed by atoms with E-state index in [9.17, 15) is 9.90 Å². The average molecular weight is 247 g/mol. The van der Waals surface area contributed by atoms with E-state index in [1.807, 2.05) is 24.3 Å². The van der Waals surface area contributed by atoms with Gasteiger partial charge in [0.2, 0.25) is 0 Å². The summed E-state index contributed by atoms with van der Waals surface area (Å²) in [7, 11) is 0. The lowest BCUT2D eigenvalue weighted by atomic mass is 9.91. The number of benzene rings is 1. The summed E-state index contributed by atoms with van der Waals surface area (Å²) in [6.07, 6.45) is 3.09. The highest BCUT2D eigenvalue weighted by Crippen LogP contribution is 2.32. The highest BCUT2D eigenvalue weighted by Gasteiger charge is 2.34. The number of fused-ring (bicyclic) bond motifs is 1. The molecule has 3 nitrogen and oxygen atoms in total. The van der Waals surface area contributed by atoms with Crippen LogP contribution in [0.5, 0.6) is 0 Å². The Bertz CT molecular complexity index is 430. The van der Waals surface area contributed by atoms with Crippen molar-refractivity contribution in [1.29, 1.82) is 0 Å². The van der Waals surface area contributed by atoms with Gasteiger partial charge in [-0.2, -0.15) is 0 Å². The van der Waals surface area contributed by atoms with Crippen LogP contribution in [-0.2, 0) is 11.2 Å². The normalized spacial score (nSPS) is 21.3. The summed E-state index contributed by atoms with van der Waals surface area (Å²) in [5.41, 5.74) is 2.16. The quantitative estimate of drug-likeness (QED) is 0.889. The van der Waals surface area contributed by atoms with Crippen LogP contribution in [0.15, 0.2) is 24.3 Å². The van der Waals surface area contributed by atoms with Crippen molar-refractivity contribution in [3.8, 4) is 0 Å². The van der Waals surface area contributed by atoms with Gasteiger partial charge in [-0.1, -0.05) is 37.6 Å². The predicted molar refractivity (Wildman–Crippen MR) is 71.6 cm³/mol. The first-order chi connectivity index (χ1) is 8.65. The number of carboxylic acids is 1. The molecule has 0 saturated carbocycles. The van der Waals surface area contributed by atoms with Gasteiger partial charge >= 0.3 is 5.97 Å². The lowest BCUT2D eigenvalue weighted by Crippen LogP contribution is -2.44. The Hall–Kier alpha value is -1.35. The highest BCUT2D eigenvalue weighted by molar-refractivity contribution is 5.76. The number of carbonyl (C=O) groups is 1. The molecular formula is C15H21NO2. The Labute approximate surface area is 108 Å². The summed E-state index contributed by atoms with van der Waals surface area (Å²) in [5, 5.41) is 9.53. The van der Waals surface area contributed by atoms with Crippen molar-refractivity contribution in [3.05, 3.63) is 35.4 Å². The molecule has 98 valence electrons. The smallest absolute Gasteiger partial charge is 0.325 e. The fourth-order valence-corrected chi connectivity index (χ4v) is 2.92. The molecule has 0 spiro atoms. The van der Waals surface area contributed by atoms with Crippen molar-refractivity contribution in [2.24, 2.45) is 0 Å². The van der Waals surface area contributed by atoms with Crippen LogP contribution in [0, 0.1) is 0 Å². The van der Waals surface area contributed by atoms with Crippen LogP contribution in [0.3, 0.4) is 0 Å². The van der Waals surface area contributed by atoms with Gasteiger partial charge in [0.25, 0.3) is 0 Å². The number of aliphatic carboxylic acids is 1. The van der Waals surface area contributed by atoms with Crippen molar-refractivity contribution in [2.75, 3.05) is 6.54 Å². The molecule has 0 aliphatic carbocycles. The second-order valence-corrected chi connectivity index (χ2v) is 5.07. The van der Waals surface area contributed by atoms with E-state index in [0.29, 0.717) is 6.04 Å². The van der Waals surface area contributed by atoms with Crippen LogP contribution in [0.2, 0.25) is 0 Å². The number of nitrogens with zero attached hydrogens (tertiary/aromatic N) is 1. The van der Waals surface area contributed by atoms with E-state index in [4.69, 9.17) is 0 Å². The van der Waals surface area contributed by atoms with Crippen molar-refractivity contribution in [3.63, 3.8) is 0 Å². The van der Waals surface area contributed by atoms with E-state index in [1.54, 1.807) is 0 Å². The van der Waals surface area contributed by atoms with Gasteiger partial charge in [0, 0.05) is 12.6 Å². The van der Waals surface area contributed by atoms with Gasteiger partial charge in [-0.3, -0.25) is 9.69 Å². The minimum atomic E-state index is -0.731. The van der Waals surface area contributed by atoms with E-state index in [0.717, 1.165) is 31.4 Å². The zero-order valence-electron chi connectivity index (χ0n) is 11.1. The van der Waals surface area contributed by atoms with Crippen LogP contribution in [0.25, 0.3) is 0 Å². The third-order valence-corrected chi connectivity index (χ3v) is 3.83. The standard InChI is InChI=1S/C15H21NO2/c1-3-6-11(2)16-10-9-12-7-4-5-8-13(12)14(16)15(17)18/h4-5,7-8,11,14H,3,6,9-10H2,1-2H3,(H,17,18). The second-order valence-electron chi connectivity index (χ2n) is 5.07. The third-order valence-electron chi connectivity index (χ3n) is 3.83. The fourth-order valence-electron chi connectivity index (χ4n) is 2.92. The Morgan fingerprint density at radius 2 is 2.22 bits per heavy atom. The molecule has 1 aromatic carbocycles. The Morgan fingerprint density at radius 1 is 1.50 bits per heavy atom. The van der Waals surface area contributed by atoms with Crippen molar-refractivity contribution in [1.82, 2.24) is 4.90 Å². The van der Waals surface area contributed by atoms with Crippen molar-refractivity contribution >= 4 is 5.97 Å². The maximum absolute atomic E-state index is 11.6. The van der Waals surface area contributed by atoms with Crippen LogP contribution in [0.1, 0.15) is 43.9 Å². The third kappa shape index (κ3) is 2.41. The zero-order valence-corrected chi connectivity index (χ0v) is 11.1. The van der Waals surface area contributed by atoms with Gasteiger partial charge in [0.15, 0.2) is 0 Å². The molecule has 3 heteroatoms. The Kier molecular flexibility index (Phi) is 4.02. The Morgan fingerprint density at radius 3 is 2.89 bits per heavy atom. The molecule has 1 aromatic rings. The molecule has 2 unspecified atom stereocenters. The van der Waals surface area contributed by atoms with Gasteiger partial charge in [-0.25, -0.2) is 0 Å². The largest absolute Gasteiger partial charge is 0.480 e. The average Bonchev–Trinajstić information content (AvgIpc) is 2.37. The molecule has 0 aromatic heterocycles. The van der Waals surface area contributed by atoms with Crippen molar-refractivity contribution in [2.45, 2.75) is 45.2 Å². The molecule has 1 aliphatic heterocycles. The summed E-state index contributed by atoms with van der Waals surface area (Å²) in [4.78, 5) is 13.7. The first-order valence-electron chi connectivity index (χ1n) is 6.71. The van der Waals surface area contributed by atoms with E-state index < -0.39 is 12.0 Å². The molecular weight excluding hydrogens is 226 g/mol. The molecule has 18 heavy (non-hydrogen) atoms. The van der Waals surface area contributed by atoms with E-state index >= 15 is 0 Å². The number of hydrogen-bond acceptors (Lipinski definition) is 2. The molecule has 2 rings (SSSR count). The molecule has 0 saturated heterocycles. The predicted octanol–water partition coefficient (Wildman–Crippen LogP) is 2.86.